The molecule has 0 unspecified atom stereocenters. The van der Waals surface area contributed by atoms with Gasteiger partial charge in [-0.1, -0.05) is 24.3 Å². The molecule has 2 heterocycles. The third kappa shape index (κ3) is 4.40. The van der Waals surface area contributed by atoms with Crippen LogP contribution in [-0.4, -0.2) is 35.3 Å². The van der Waals surface area contributed by atoms with Crippen molar-refractivity contribution in [2.75, 3.05) is 13.2 Å². The molecule has 4 nitrogen and oxygen atoms in total. The van der Waals surface area contributed by atoms with Crippen molar-refractivity contribution in [3.05, 3.63) is 35.4 Å². The summed E-state index contributed by atoms with van der Waals surface area (Å²) < 4.78 is 11.6. The molecule has 144 valence electrons. The van der Waals surface area contributed by atoms with Gasteiger partial charge in [-0.15, -0.1) is 0 Å². The largest absolute Gasteiger partial charge is 0.444 e. The molecule has 0 spiro atoms. The second-order valence-electron chi connectivity index (χ2n) is 9.26. The molecule has 0 saturated carbocycles. The van der Waals surface area contributed by atoms with E-state index in [4.69, 9.17) is 9.47 Å². The quantitative estimate of drug-likeness (QED) is 0.706. The highest BCUT2D eigenvalue weighted by Gasteiger charge is 2.37. The van der Waals surface area contributed by atoms with Gasteiger partial charge in [-0.25, -0.2) is 4.79 Å². The van der Waals surface area contributed by atoms with Crippen LogP contribution in [0.2, 0.25) is 0 Å². The highest BCUT2D eigenvalue weighted by molar-refractivity contribution is 5.69. The van der Waals surface area contributed by atoms with E-state index in [-0.39, 0.29) is 17.7 Å². The van der Waals surface area contributed by atoms with Crippen LogP contribution in [-0.2, 0) is 9.47 Å². The van der Waals surface area contributed by atoms with Gasteiger partial charge in [-0.3, -0.25) is 0 Å². The van der Waals surface area contributed by atoms with Crippen molar-refractivity contribution in [3.8, 4) is 0 Å². The Morgan fingerprint density at radius 1 is 1.19 bits per heavy atom. The third-order valence-electron chi connectivity index (χ3n) is 5.37. The minimum absolute atomic E-state index is 0.0867. The molecule has 0 aliphatic carbocycles. The number of hydrogen-bond donors (Lipinski definition) is 0. The molecular weight excluding hydrogens is 326 g/mol. The Morgan fingerprint density at radius 3 is 2.54 bits per heavy atom. The number of amides is 1. The molecule has 2 fully saturated rings. The van der Waals surface area contributed by atoms with Crippen molar-refractivity contribution >= 4 is 6.09 Å². The Hall–Kier alpha value is -1.55. The Balaban J connectivity index is 1.86. The van der Waals surface area contributed by atoms with Crippen LogP contribution in [0.1, 0.15) is 83.4 Å². The maximum Gasteiger partial charge on any atom is 0.410 e. The van der Waals surface area contributed by atoms with E-state index in [1.807, 2.05) is 25.7 Å². The van der Waals surface area contributed by atoms with Crippen LogP contribution in [0.25, 0.3) is 0 Å². The zero-order chi connectivity index (χ0) is 18.9. The number of benzene rings is 1. The van der Waals surface area contributed by atoms with Crippen LogP contribution >= 0.6 is 0 Å². The molecule has 4 heteroatoms. The van der Waals surface area contributed by atoms with Crippen molar-refractivity contribution in [2.24, 2.45) is 0 Å². The summed E-state index contributed by atoms with van der Waals surface area (Å²) in [5.74, 6) is 0.482. The number of likely N-dealkylation sites (tertiary alicyclic amines) is 1. The Kier molecular flexibility index (Phi) is 5.34. The lowest BCUT2D eigenvalue weighted by Crippen LogP contribution is -2.37. The number of carbonyl (C=O) groups excluding carboxylic acids is 1. The molecular formula is C22H33NO3. The Bertz CT molecular complexity index is 647. The molecule has 1 aromatic carbocycles. The van der Waals surface area contributed by atoms with E-state index in [2.05, 4.69) is 38.1 Å². The average Bonchev–Trinajstić information content (AvgIpc) is 3.02. The van der Waals surface area contributed by atoms with E-state index in [0.29, 0.717) is 5.92 Å². The van der Waals surface area contributed by atoms with Gasteiger partial charge in [0.1, 0.15) is 5.60 Å². The number of hydrogen-bond acceptors (Lipinski definition) is 3. The van der Waals surface area contributed by atoms with Gasteiger partial charge >= 0.3 is 6.09 Å². The maximum absolute atomic E-state index is 12.7. The molecule has 0 aromatic heterocycles. The van der Waals surface area contributed by atoms with Gasteiger partial charge in [-0.05, 0) is 77.3 Å². The highest BCUT2D eigenvalue weighted by Crippen LogP contribution is 2.42. The molecule has 0 N–H and O–H groups in total. The van der Waals surface area contributed by atoms with E-state index in [1.165, 1.54) is 11.1 Å². The summed E-state index contributed by atoms with van der Waals surface area (Å²) in [5, 5.41) is 0. The van der Waals surface area contributed by atoms with Gasteiger partial charge in [-0.2, -0.15) is 0 Å². The van der Waals surface area contributed by atoms with Gasteiger partial charge in [0, 0.05) is 13.2 Å². The first-order valence-electron chi connectivity index (χ1n) is 9.89. The van der Waals surface area contributed by atoms with E-state index in [9.17, 15) is 4.79 Å². The van der Waals surface area contributed by atoms with E-state index < -0.39 is 5.60 Å². The lowest BCUT2D eigenvalue weighted by atomic mass is 9.80. The standard InChI is InChI=1S/C22H33NO3/c1-21(2,3)26-20(24)23-13-8-11-19(23)18-10-7-6-9-17(18)16-12-14-25-22(4,5)15-16/h6-7,9-10,16,19H,8,11-15H2,1-5H3/t16-,19-/m1/s1. The van der Waals surface area contributed by atoms with Gasteiger partial charge < -0.3 is 14.4 Å². The predicted molar refractivity (Wildman–Crippen MR) is 103 cm³/mol. The van der Waals surface area contributed by atoms with Crippen molar-refractivity contribution < 1.29 is 14.3 Å². The number of ether oxygens (including phenoxy) is 2. The fraction of sp³-hybridized carbons (Fsp3) is 0.682. The van der Waals surface area contributed by atoms with Crippen LogP contribution in [0.15, 0.2) is 24.3 Å². The molecule has 2 aliphatic rings. The third-order valence-corrected chi connectivity index (χ3v) is 5.37. The fourth-order valence-corrected chi connectivity index (χ4v) is 4.31. The first-order chi connectivity index (χ1) is 12.2. The minimum Gasteiger partial charge on any atom is -0.444 e. The van der Waals surface area contributed by atoms with Crippen LogP contribution in [0, 0.1) is 0 Å². The number of carbonyl (C=O) groups is 1. The molecule has 2 atom stereocenters. The predicted octanol–water partition coefficient (Wildman–Crippen LogP) is 5.43. The van der Waals surface area contributed by atoms with E-state index in [0.717, 1.165) is 38.8 Å². The fourth-order valence-electron chi connectivity index (χ4n) is 4.31. The van der Waals surface area contributed by atoms with Crippen molar-refractivity contribution in [3.63, 3.8) is 0 Å². The summed E-state index contributed by atoms with van der Waals surface area (Å²) in [6.45, 7) is 11.7. The zero-order valence-electron chi connectivity index (χ0n) is 16.9. The van der Waals surface area contributed by atoms with Gasteiger partial charge in [0.15, 0.2) is 0 Å². The van der Waals surface area contributed by atoms with E-state index >= 15 is 0 Å². The molecule has 1 amide bonds. The maximum atomic E-state index is 12.7. The molecule has 0 bridgehead atoms. The minimum atomic E-state index is -0.464. The summed E-state index contributed by atoms with van der Waals surface area (Å²) >= 11 is 0. The molecule has 3 rings (SSSR count). The number of rotatable bonds is 2. The van der Waals surface area contributed by atoms with Crippen molar-refractivity contribution in [1.29, 1.82) is 0 Å². The molecule has 0 radical (unpaired) electrons. The van der Waals surface area contributed by atoms with Gasteiger partial charge in [0.05, 0.1) is 11.6 Å². The van der Waals surface area contributed by atoms with Crippen molar-refractivity contribution in [1.82, 2.24) is 4.90 Å². The number of nitrogens with zero attached hydrogens (tertiary/aromatic N) is 1. The van der Waals surface area contributed by atoms with Crippen LogP contribution in [0.4, 0.5) is 4.79 Å². The van der Waals surface area contributed by atoms with Crippen LogP contribution in [0.5, 0.6) is 0 Å². The second kappa shape index (κ2) is 7.22. The highest BCUT2D eigenvalue weighted by atomic mass is 16.6. The first kappa shape index (κ1) is 19.2. The van der Waals surface area contributed by atoms with Gasteiger partial charge in [0.25, 0.3) is 0 Å². The topological polar surface area (TPSA) is 38.8 Å². The summed E-state index contributed by atoms with van der Waals surface area (Å²) in [7, 11) is 0. The summed E-state index contributed by atoms with van der Waals surface area (Å²) in [6, 6.07) is 8.77. The lowest BCUT2D eigenvalue weighted by molar-refractivity contribution is -0.0595. The SMILES string of the molecule is CC(C)(C)OC(=O)N1CCC[C@@H]1c1ccccc1[C@@H]1CCOC(C)(C)C1. The van der Waals surface area contributed by atoms with Crippen LogP contribution in [0.3, 0.4) is 0 Å². The molecule has 26 heavy (non-hydrogen) atoms. The lowest BCUT2D eigenvalue weighted by Gasteiger charge is -2.37. The first-order valence-corrected chi connectivity index (χ1v) is 9.89. The normalized spacial score (nSPS) is 26.0. The molecule has 2 aliphatic heterocycles. The zero-order valence-corrected chi connectivity index (χ0v) is 16.9. The van der Waals surface area contributed by atoms with Crippen LogP contribution < -0.4 is 0 Å². The summed E-state index contributed by atoms with van der Waals surface area (Å²) in [6.07, 6.45) is 3.89. The monoisotopic (exact) mass is 359 g/mol. The molecule has 1 aromatic rings. The molecule has 2 saturated heterocycles. The smallest absolute Gasteiger partial charge is 0.410 e. The van der Waals surface area contributed by atoms with E-state index in [1.54, 1.807) is 0 Å². The Labute approximate surface area is 157 Å². The van der Waals surface area contributed by atoms with Gasteiger partial charge in [0.2, 0.25) is 0 Å². The van der Waals surface area contributed by atoms with Crippen molar-refractivity contribution in [2.45, 2.75) is 83.5 Å². The second-order valence-corrected chi connectivity index (χ2v) is 9.26. The summed E-state index contributed by atoms with van der Waals surface area (Å²) in [4.78, 5) is 14.6. The average molecular weight is 360 g/mol. The summed E-state index contributed by atoms with van der Waals surface area (Å²) in [5.41, 5.74) is 2.12. The Morgan fingerprint density at radius 2 is 1.88 bits per heavy atom.